The van der Waals surface area contributed by atoms with E-state index < -0.39 is 0 Å². The molecule has 1 unspecified atom stereocenters. The molecule has 1 atom stereocenters. The van der Waals surface area contributed by atoms with Crippen LogP contribution in [0.25, 0.3) is 0 Å². The molecule has 0 spiro atoms. The Bertz CT molecular complexity index is 81.7. The van der Waals surface area contributed by atoms with Crippen molar-refractivity contribution in [1.82, 2.24) is 0 Å². The highest BCUT2D eigenvalue weighted by Gasteiger charge is 2.12. The average Bonchev–Trinajstić information content (AvgIpc) is 2.03. The van der Waals surface area contributed by atoms with Gasteiger partial charge >= 0.3 is 0 Å². The van der Waals surface area contributed by atoms with Gasteiger partial charge in [-0.15, -0.1) is 0 Å². The molecule has 1 saturated heterocycles. The molecule has 1 aliphatic heterocycles. The van der Waals surface area contributed by atoms with Crippen LogP contribution in [0.15, 0.2) is 0 Å². The SMILES string of the molecule is NCCCC1COCCO1. The normalized spacial score (nSPS) is 26.7. The summed E-state index contributed by atoms with van der Waals surface area (Å²) in [7, 11) is 0. The van der Waals surface area contributed by atoms with Gasteiger partial charge in [0.25, 0.3) is 0 Å². The summed E-state index contributed by atoms with van der Waals surface area (Å²) in [5, 5.41) is 0. The zero-order valence-corrected chi connectivity index (χ0v) is 6.21. The van der Waals surface area contributed by atoms with Crippen molar-refractivity contribution in [2.75, 3.05) is 26.4 Å². The lowest BCUT2D eigenvalue weighted by atomic mass is 10.2. The van der Waals surface area contributed by atoms with Gasteiger partial charge in [-0.3, -0.25) is 0 Å². The Morgan fingerprint density at radius 2 is 2.30 bits per heavy atom. The maximum absolute atomic E-state index is 5.40. The van der Waals surface area contributed by atoms with Gasteiger partial charge in [0.1, 0.15) is 0 Å². The number of ether oxygens (including phenoxy) is 2. The molecule has 10 heavy (non-hydrogen) atoms. The second-order valence-corrected chi connectivity index (χ2v) is 2.50. The van der Waals surface area contributed by atoms with Gasteiger partial charge < -0.3 is 15.2 Å². The smallest absolute Gasteiger partial charge is 0.0810 e. The average molecular weight is 145 g/mol. The topological polar surface area (TPSA) is 44.5 Å². The zero-order valence-electron chi connectivity index (χ0n) is 6.21. The first-order valence-electron chi connectivity index (χ1n) is 3.83. The van der Waals surface area contributed by atoms with E-state index in [1.54, 1.807) is 0 Å². The molecule has 0 aromatic heterocycles. The van der Waals surface area contributed by atoms with Crippen LogP contribution in [0.2, 0.25) is 0 Å². The van der Waals surface area contributed by atoms with E-state index >= 15 is 0 Å². The van der Waals surface area contributed by atoms with Crippen molar-refractivity contribution < 1.29 is 9.47 Å². The maximum atomic E-state index is 5.40. The van der Waals surface area contributed by atoms with E-state index in [0.717, 1.165) is 39.2 Å². The van der Waals surface area contributed by atoms with E-state index in [1.807, 2.05) is 0 Å². The molecule has 1 rings (SSSR count). The number of hydrogen-bond acceptors (Lipinski definition) is 3. The van der Waals surface area contributed by atoms with E-state index in [-0.39, 0.29) is 0 Å². The third kappa shape index (κ3) is 2.64. The van der Waals surface area contributed by atoms with Crippen LogP contribution in [0.1, 0.15) is 12.8 Å². The van der Waals surface area contributed by atoms with Gasteiger partial charge in [0, 0.05) is 0 Å². The molecule has 3 heteroatoms. The van der Waals surface area contributed by atoms with Crippen molar-refractivity contribution in [1.29, 1.82) is 0 Å². The number of hydrogen-bond donors (Lipinski definition) is 1. The van der Waals surface area contributed by atoms with Crippen LogP contribution in [-0.4, -0.2) is 32.5 Å². The Morgan fingerprint density at radius 3 is 2.90 bits per heavy atom. The summed E-state index contributed by atoms with van der Waals surface area (Å²) in [6.45, 7) is 2.99. The molecule has 2 N–H and O–H groups in total. The lowest BCUT2D eigenvalue weighted by Gasteiger charge is -2.22. The predicted octanol–water partition coefficient (Wildman–Crippen LogP) is 0.141. The second-order valence-electron chi connectivity index (χ2n) is 2.50. The highest BCUT2D eigenvalue weighted by atomic mass is 16.6. The van der Waals surface area contributed by atoms with Crippen LogP contribution in [0, 0.1) is 0 Å². The summed E-state index contributed by atoms with van der Waals surface area (Å²) in [4.78, 5) is 0. The molecule has 1 aliphatic rings. The van der Waals surface area contributed by atoms with E-state index in [1.165, 1.54) is 0 Å². The molecule has 3 nitrogen and oxygen atoms in total. The number of rotatable bonds is 3. The fraction of sp³-hybridized carbons (Fsp3) is 1.00. The highest BCUT2D eigenvalue weighted by Crippen LogP contribution is 2.06. The molecule has 0 aliphatic carbocycles. The fourth-order valence-corrected chi connectivity index (χ4v) is 1.05. The summed E-state index contributed by atoms with van der Waals surface area (Å²) in [6.07, 6.45) is 2.38. The van der Waals surface area contributed by atoms with Gasteiger partial charge in [0.05, 0.1) is 25.9 Å². The van der Waals surface area contributed by atoms with Gasteiger partial charge in [-0.2, -0.15) is 0 Å². The van der Waals surface area contributed by atoms with Crippen molar-refractivity contribution >= 4 is 0 Å². The largest absolute Gasteiger partial charge is 0.376 e. The Labute approximate surface area is 61.5 Å². The zero-order chi connectivity index (χ0) is 7.23. The molecular formula is C7H15NO2. The third-order valence-electron chi connectivity index (χ3n) is 1.62. The minimum absolute atomic E-state index is 0.303. The third-order valence-corrected chi connectivity index (χ3v) is 1.62. The first kappa shape index (κ1) is 7.98. The summed E-state index contributed by atoms with van der Waals surface area (Å²) < 4.78 is 10.6. The molecule has 1 heterocycles. The fourth-order valence-electron chi connectivity index (χ4n) is 1.05. The predicted molar refractivity (Wildman–Crippen MR) is 38.8 cm³/mol. The molecule has 0 bridgehead atoms. The Balaban J connectivity index is 2.02. The minimum atomic E-state index is 0.303. The summed E-state index contributed by atoms with van der Waals surface area (Å²) in [6, 6.07) is 0. The lowest BCUT2D eigenvalue weighted by Crippen LogP contribution is -2.28. The van der Waals surface area contributed by atoms with E-state index in [0.29, 0.717) is 6.10 Å². The molecule has 0 amide bonds. The van der Waals surface area contributed by atoms with Crippen molar-refractivity contribution in [2.24, 2.45) is 5.73 Å². The minimum Gasteiger partial charge on any atom is -0.376 e. The Hall–Kier alpha value is -0.120. The van der Waals surface area contributed by atoms with E-state index in [9.17, 15) is 0 Å². The first-order chi connectivity index (χ1) is 4.93. The van der Waals surface area contributed by atoms with Gasteiger partial charge in [0.15, 0.2) is 0 Å². The quantitative estimate of drug-likeness (QED) is 0.614. The van der Waals surface area contributed by atoms with Gasteiger partial charge in [-0.05, 0) is 19.4 Å². The second kappa shape index (κ2) is 4.66. The van der Waals surface area contributed by atoms with E-state index in [4.69, 9.17) is 15.2 Å². The highest BCUT2D eigenvalue weighted by molar-refractivity contribution is 4.60. The molecule has 0 aromatic carbocycles. The van der Waals surface area contributed by atoms with Crippen molar-refractivity contribution in [3.63, 3.8) is 0 Å². The van der Waals surface area contributed by atoms with E-state index in [2.05, 4.69) is 0 Å². The lowest BCUT2D eigenvalue weighted by molar-refractivity contribution is -0.0908. The molecule has 1 fully saturated rings. The van der Waals surface area contributed by atoms with Gasteiger partial charge in [-0.25, -0.2) is 0 Å². The summed E-state index contributed by atoms with van der Waals surface area (Å²) in [5.41, 5.74) is 5.35. The standard InChI is InChI=1S/C7H15NO2/c8-3-1-2-7-6-9-4-5-10-7/h7H,1-6,8H2. The van der Waals surface area contributed by atoms with Crippen molar-refractivity contribution in [3.05, 3.63) is 0 Å². The molecule has 0 radical (unpaired) electrons. The van der Waals surface area contributed by atoms with Crippen LogP contribution in [0.4, 0.5) is 0 Å². The Morgan fingerprint density at radius 1 is 1.40 bits per heavy atom. The van der Waals surface area contributed by atoms with Crippen LogP contribution >= 0.6 is 0 Å². The van der Waals surface area contributed by atoms with Crippen LogP contribution in [0.3, 0.4) is 0 Å². The molecular weight excluding hydrogens is 130 g/mol. The maximum Gasteiger partial charge on any atom is 0.0810 e. The van der Waals surface area contributed by atoms with Gasteiger partial charge in [0.2, 0.25) is 0 Å². The molecule has 0 aromatic rings. The van der Waals surface area contributed by atoms with Crippen LogP contribution < -0.4 is 5.73 Å². The Kier molecular flexibility index (Phi) is 3.72. The van der Waals surface area contributed by atoms with Crippen LogP contribution in [0.5, 0.6) is 0 Å². The summed E-state index contributed by atoms with van der Waals surface area (Å²) in [5.74, 6) is 0. The van der Waals surface area contributed by atoms with Gasteiger partial charge in [-0.1, -0.05) is 0 Å². The van der Waals surface area contributed by atoms with Crippen molar-refractivity contribution in [3.8, 4) is 0 Å². The molecule has 0 saturated carbocycles. The molecule has 60 valence electrons. The number of nitrogens with two attached hydrogens (primary N) is 1. The van der Waals surface area contributed by atoms with Crippen LogP contribution in [-0.2, 0) is 9.47 Å². The summed E-state index contributed by atoms with van der Waals surface area (Å²) >= 11 is 0. The monoisotopic (exact) mass is 145 g/mol. The first-order valence-corrected chi connectivity index (χ1v) is 3.83. The van der Waals surface area contributed by atoms with Crippen molar-refractivity contribution in [2.45, 2.75) is 18.9 Å².